The molecule has 146 valence electrons. The van der Waals surface area contributed by atoms with Crippen LogP contribution >= 0.6 is 0 Å². The first-order valence-electron chi connectivity index (χ1n) is 8.79. The number of nitrogens with one attached hydrogen (secondary N) is 1. The van der Waals surface area contributed by atoms with Gasteiger partial charge in [0.1, 0.15) is 5.82 Å². The lowest BCUT2D eigenvalue weighted by molar-refractivity contribution is 0.102. The molecule has 0 aliphatic heterocycles. The Bertz CT molecular complexity index is 876. The predicted molar refractivity (Wildman–Crippen MR) is 106 cm³/mol. The van der Waals surface area contributed by atoms with Gasteiger partial charge in [0.15, 0.2) is 0 Å². The molecule has 0 aliphatic rings. The van der Waals surface area contributed by atoms with E-state index >= 15 is 0 Å². The number of carbonyl (C=O) groups excluding carboxylic acids is 1. The van der Waals surface area contributed by atoms with Crippen LogP contribution in [0.15, 0.2) is 47.5 Å². The lowest BCUT2D eigenvalue weighted by atomic mass is 10.2. The maximum absolute atomic E-state index is 12.5. The van der Waals surface area contributed by atoms with E-state index in [1.165, 1.54) is 28.6 Å². The molecule has 1 N–H and O–H groups in total. The van der Waals surface area contributed by atoms with E-state index in [0.717, 1.165) is 12.1 Å². The third-order valence-electron chi connectivity index (χ3n) is 4.02. The number of nitrogens with zero attached hydrogens (tertiary/aromatic N) is 3. The summed E-state index contributed by atoms with van der Waals surface area (Å²) in [6, 6.07) is 9.64. The van der Waals surface area contributed by atoms with Crippen LogP contribution in [-0.2, 0) is 16.6 Å². The third kappa shape index (κ3) is 5.35. The molecule has 0 fully saturated rings. The van der Waals surface area contributed by atoms with Gasteiger partial charge in [-0.3, -0.25) is 4.79 Å². The average Bonchev–Trinajstić information content (AvgIpc) is 2.62. The Kier molecular flexibility index (Phi) is 7.06. The van der Waals surface area contributed by atoms with E-state index in [9.17, 15) is 13.2 Å². The average molecular weight is 391 g/mol. The zero-order chi connectivity index (χ0) is 20.0. The minimum absolute atomic E-state index is 0.175. The van der Waals surface area contributed by atoms with Crippen molar-refractivity contribution >= 4 is 21.7 Å². The maximum atomic E-state index is 12.5. The summed E-state index contributed by atoms with van der Waals surface area (Å²) >= 11 is 0. The lowest BCUT2D eigenvalue weighted by Gasteiger charge is -2.18. The number of aromatic nitrogens is 1. The fourth-order valence-electron chi connectivity index (χ4n) is 2.69. The molecule has 8 heteroatoms. The smallest absolute Gasteiger partial charge is 0.256 e. The largest absolute Gasteiger partial charge is 0.307 e. The molecule has 7 nitrogen and oxygen atoms in total. The van der Waals surface area contributed by atoms with Gasteiger partial charge in [0.05, 0.1) is 4.90 Å². The van der Waals surface area contributed by atoms with E-state index in [1.807, 2.05) is 31.1 Å². The zero-order valence-electron chi connectivity index (χ0n) is 16.1. The normalized spacial score (nSPS) is 11.8. The molecule has 0 aliphatic carbocycles. The highest BCUT2D eigenvalue weighted by atomic mass is 32.2. The van der Waals surface area contributed by atoms with Crippen LogP contribution in [0, 0.1) is 0 Å². The van der Waals surface area contributed by atoms with Crippen LogP contribution < -0.4 is 5.32 Å². The van der Waals surface area contributed by atoms with Gasteiger partial charge in [-0.2, -0.15) is 4.31 Å². The van der Waals surface area contributed by atoms with E-state index in [4.69, 9.17) is 0 Å². The van der Waals surface area contributed by atoms with E-state index in [0.29, 0.717) is 24.5 Å². The number of benzene rings is 1. The van der Waals surface area contributed by atoms with Crippen molar-refractivity contribution in [1.82, 2.24) is 14.2 Å². The second kappa shape index (κ2) is 9.07. The lowest BCUT2D eigenvalue weighted by Crippen LogP contribution is -2.30. The number of amides is 1. The first kappa shape index (κ1) is 21.0. The Morgan fingerprint density at radius 3 is 2.26 bits per heavy atom. The molecule has 2 aromatic rings. The van der Waals surface area contributed by atoms with Crippen molar-refractivity contribution in [3.05, 3.63) is 53.7 Å². The maximum Gasteiger partial charge on any atom is 0.256 e. The summed E-state index contributed by atoms with van der Waals surface area (Å²) in [5.41, 5.74) is 1.40. The Morgan fingerprint density at radius 1 is 1.07 bits per heavy atom. The van der Waals surface area contributed by atoms with Gasteiger partial charge in [-0.05, 0) is 56.1 Å². The minimum Gasteiger partial charge on any atom is -0.307 e. The van der Waals surface area contributed by atoms with Crippen molar-refractivity contribution in [3.63, 3.8) is 0 Å². The molecular formula is C19H26N4O3S. The number of sulfonamides is 1. The number of rotatable bonds is 8. The summed E-state index contributed by atoms with van der Waals surface area (Å²) in [7, 11) is 0.394. The van der Waals surface area contributed by atoms with E-state index in [-0.39, 0.29) is 10.8 Å². The molecule has 0 spiro atoms. The van der Waals surface area contributed by atoms with Crippen LogP contribution in [0.3, 0.4) is 0 Å². The minimum atomic E-state index is -3.54. The molecule has 1 heterocycles. The van der Waals surface area contributed by atoms with Gasteiger partial charge in [-0.25, -0.2) is 13.4 Å². The number of hydrogen-bond acceptors (Lipinski definition) is 5. The van der Waals surface area contributed by atoms with E-state index in [2.05, 4.69) is 10.3 Å². The predicted octanol–water partition coefficient (Wildman–Crippen LogP) is 2.43. The highest BCUT2D eigenvalue weighted by Crippen LogP contribution is 2.17. The Morgan fingerprint density at radius 2 is 1.70 bits per heavy atom. The Labute approximate surface area is 161 Å². The molecule has 1 amide bonds. The summed E-state index contributed by atoms with van der Waals surface area (Å²) in [6.07, 6.45) is 1.65. The molecule has 0 saturated carbocycles. The van der Waals surface area contributed by atoms with Crippen LogP contribution in [0.5, 0.6) is 0 Å². The van der Waals surface area contributed by atoms with Crippen molar-refractivity contribution in [1.29, 1.82) is 0 Å². The Balaban J connectivity index is 2.14. The van der Waals surface area contributed by atoms with Gasteiger partial charge in [0.25, 0.3) is 5.91 Å². The van der Waals surface area contributed by atoms with Crippen molar-refractivity contribution in [2.45, 2.75) is 25.3 Å². The quantitative estimate of drug-likeness (QED) is 0.748. The van der Waals surface area contributed by atoms with Crippen molar-refractivity contribution < 1.29 is 13.2 Å². The van der Waals surface area contributed by atoms with Gasteiger partial charge >= 0.3 is 0 Å². The fourth-order valence-corrected chi connectivity index (χ4v) is 4.14. The topological polar surface area (TPSA) is 82.6 Å². The third-order valence-corrected chi connectivity index (χ3v) is 6.09. The first-order valence-corrected chi connectivity index (χ1v) is 10.2. The number of hydrogen-bond donors (Lipinski definition) is 1. The second-order valence-electron chi connectivity index (χ2n) is 6.35. The van der Waals surface area contributed by atoms with Crippen LogP contribution in [0.2, 0.25) is 0 Å². The number of carbonyl (C=O) groups is 1. The van der Waals surface area contributed by atoms with Crippen molar-refractivity contribution in [3.8, 4) is 0 Å². The molecule has 1 aromatic heterocycles. The van der Waals surface area contributed by atoms with Crippen LogP contribution in [0.4, 0.5) is 5.82 Å². The van der Waals surface area contributed by atoms with Gasteiger partial charge in [0, 0.05) is 31.4 Å². The second-order valence-corrected chi connectivity index (χ2v) is 8.29. The molecular weight excluding hydrogens is 364 g/mol. The molecule has 0 bridgehead atoms. The van der Waals surface area contributed by atoms with Crippen molar-refractivity contribution in [2.24, 2.45) is 0 Å². The monoisotopic (exact) mass is 390 g/mol. The summed E-state index contributed by atoms with van der Waals surface area (Å²) < 4.78 is 26.4. The molecule has 2 rings (SSSR count). The zero-order valence-corrected chi connectivity index (χ0v) is 17.0. The molecule has 0 unspecified atom stereocenters. The summed E-state index contributed by atoms with van der Waals surface area (Å²) in [4.78, 5) is 18.8. The van der Waals surface area contributed by atoms with Crippen molar-refractivity contribution in [2.75, 3.05) is 32.5 Å². The van der Waals surface area contributed by atoms with Crippen LogP contribution in [0.1, 0.15) is 29.8 Å². The SMILES string of the molecule is CCN(CC)S(=O)(=O)c1ccc(C(=O)Nc2cc(CN(C)C)ccn2)cc1. The number of pyridine rings is 1. The first-order chi connectivity index (χ1) is 12.8. The van der Waals surface area contributed by atoms with Gasteiger partial charge in [-0.15, -0.1) is 0 Å². The molecule has 1 aromatic carbocycles. The summed E-state index contributed by atoms with van der Waals surface area (Å²) in [5.74, 6) is 0.121. The number of anilines is 1. The molecule has 0 radical (unpaired) electrons. The van der Waals surface area contributed by atoms with Crippen LogP contribution in [0.25, 0.3) is 0 Å². The highest BCUT2D eigenvalue weighted by molar-refractivity contribution is 7.89. The molecule has 27 heavy (non-hydrogen) atoms. The van der Waals surface area contributed by atoms with Gasteiger partial charge < -0.3 is 10.2 Å². The van der Waals surface area contributed by atoms with Crippen LogP contribution in [-0.4, -0.2) is 55.7 Å². The fraction of sp³-hybridized carbons (Fsp3) is 0.368. The van der Waals surface area contributed by atoms with E-state index in [1.54, 1.807) is 20.0 Å². The standard InChI is InChI=1S/C19H26N4O3S/c1-5-23(6-2)27(25,26)17-9-7-16(8-10-17)19(24)21-18-13-15(11-12-20-18)14-22(3)4/h7-13H,5-6,14H2,1-4H3,(H,20,21,24). The summed E-state index contributed by atoms with van der Waals surface area (Å²) in [6.45, 7) is 5.12. The summed E-state index contributed by atoms with van der Waals surface area (Å²) in [5, 5.41) is 2.75. The Hall–Kier alpha value is -2.29. The van der Waals surface area contributed by atoms with E-state index < -0.39 is 10.0 Å². The van der Waals surface area contributed by atoms with Gasteiger partial charge in [0.2, 0.25) is 10.0 Å². The van der Waals surface area contributed by atoms with Gasteiger partial charge in [-0.1, -0.05) is 13.8 Å². The molecule has 0 atom stereocenters. The molecule has 0 saturated heterocycles. The highest BCUT2D eigenvalue weighted by Gasteiger charge is 2.21.